The first-order valence-electron chi connectivity index (χ1n) is 5.42. The number of benzene rings is 1. The number of aliphatic carboxylic acids is 1. The Hall–Kier alpha value is -1.75. The molecule has 0 aliphatic heterocycles. The molecular weight excluding hydrogens is 224 g/mol. The summed E-state index contributed by atoms with van der Waals surface area (Å²) >= 11 is 0. The van der Waals surface area contributed by atoms with Crippen LogP contribution in [-0.4, -0.2) is 27.9 Å². The van der Waals surface area contributed by atoms with Gasteiger partial charge in [0.1, 0.15) is 0 Å². The number of hydrogen-bond acceptors (Lipinski definition) is 4. The fraction of sp³-hybridized carbons (Fsp3) is 0.417. The smallest absolute Gasteiger partial charge is 0.337 e. The predicted octanol–water partition coefficient (Wildman–Crippen LogP) is 1.69. The molecule has 94 valence electrons. The third-order valence-corrected chi connectivity index (χ3v) is 2.29. The molecule has 5 heteroatoms. The monoisotopic (exact) mass is 240 g/mol. The normalized spacial score (nSPS) is 12.1. The Bertz CT molecular complexity index is 388. The van der Waals surface area contributed by atoms with Crippen molar-refractivity contribution in [3.8, 4) is 11.5 Å². The second-order valence-corrected chi connectivity index (χ2v) is 3.67. The molecule has 0 spiro atoms. The van der Waals surface area contributed by atoms with E-state index in [1.165, 1.54) is 18.2 Å². The predicted molar refractivity (Wildman–Crippen MR) is 61.1 cm³/mol. The topological polar surface area (TPSA) is 87.0 Å². The van der Waals surface area contributed by atoms with Crippen molar-refractivity contribution in [1.29, 1.82) is 0 Å². The first-order chi connectivity index (χ1) is 8.06. The van der Waals surface area contributed by atoms with E-state index in [-0.39, 0.29) is 17.1 Å². The van der Waals surface area contributed by atoms with Crippen LogP contribution in [-0.2, 0) is 4.79 Å². The minimum absolute atomic E-state index is 0.0672. The van der Waals surface area contributed by atoms with E-state index in [1.54, 1.807) is 0 Å². The van der Waals surface area contributed by atoms with Crippen LogP contribution in [0.3, 0.4) is 0 Å². The number of aliphatic hydroxyl groups excluding tert-OH is 1. The van der Waals surface area contributed by atoms with Crippen LogP contribution in [0, 0.1) is 0 Å². The van der Waals surface area contributed by atoms with Crippen molar-refractivity contribution in [1.82, 2.24) is 0 Å². The molecule has 1 aromatic rings. The average Bonchev–Trinajstić information content (AvgIpc) is 2.30. The summed E-state index contributed by atoms with van der Waals surface area (Å²) in [6.45, 7) is 2.45. The molecule has 0 saturated carbocycles. The zero-order valence-corrected chi connectivity index (χ0v) is 9.59. The van der Waals surface area contributed by atoms with E-state index >= 15 is 0 Å². The molecule has 17 heavy (non-hydrogen) atoms. The molecule has 0 bridgehead atoms. The number of phenolic OH excluding ortho intramolecular Hbond substituents is 1. The molecule has 1 aromatic carbocycles. The van der Waals surface area contributed by atoms with E-state index in [0.29, 0.717) is 6.61 Å². The van der Waals surface area contributed by atoms with E-state index in [2.05, 4.69) is 0 Å². The van der Waals surface area contributed by atoms with E-state index in [9.17, 15) is 15.0 Å². The lowest BCUT2D eigenvalue weighted by molar-refractivity contribution is -0.146. The molecule has 0 aromatic heterocycles. The molecule has 0 aliphatic rings. The van der Waals surface area contributed by atoms with Gasteiger partial charge in [-0.25, -0.2) is 4.79 Å². The molecule has 0 fully saturated rings. The van der Waals surface area contributed by atoms with Gasteiger partial charge in [0, 0.05) is 0 Å². The van der Waals surface area contributed by atoms with E-state index in [4.69, 9.17) is 9.84 Å². The molecule has 1 rings (SSSR count). The van der Waals surface area contributed by atoms with Crippen LogP contribution in [0.5, 0.6) is 11.5 Å². The fourth-order valence-corrected chi connectivity index (χ4v) is 1.29. The second kappa shape index (κ2) is 6.10. The van der Waals surface area contributed by atoms with Gasteiger partial charge in [0.2, 0.25) is 0 Å². The number of hydrogen-bond donors (Lipinski definition) is 3. The van der Waals surface area contributed by atoms with Gasteiger partial charge >= 0.3 is 5.97 Å². The number of ether oxygens (including phenoxy) is 1. The summed E-state index contributed by atoms with van der Waals surface area (Å²) < 4.78 is 5.29. The Morgan fingerprint density at radius 1 is 1.47 bits per heavy atom. The average molecular weight is 240 g/mol. The maximum Gasteiger partial charge on any atom is 0.337 e. The summed E-state index contributed by atoms with van der Waals surface area (Å²) in [4.78, 5) is 10.6. The van der Waals surface area contributed by atoms with Gasteiger partial charge in [0.25, 0.3) is 0 Å². The number of aliphatic hydroxyl groups is 1. The van der Waals surface area contributed by atoms with Crippen molar-refractivity contribution in [3.05, 3.63) is 23.8 Å². The van der Waals surface area contributed by atoms with E-state index < -0.39 is 12.1 Å². The van der Waals surface area contributed by atoms with Crippen LogP contribution in [0.2, 0.25) is 0 Å². The minimum atomic E-state index is -1.61. The van der Waals surface area contributed by atoms with Crippen LogP contribution in [0.4, 0.5) is 0 Å². The molecule has 1 atom stereocenters. The van der Waals surface area contributed by atoms with Crippen molar-refractivity contribution >= 4 is 5.97 Å². The number of rotatable bonds is 6. The lowest BCUT2D eigenvalue weighted by Gasteiger charge is -2.11. The van der Waals surface area contributed by atoms with Crippen molar-refractivity contribution < 1.29 is 24.9 Å². The summed E-state index contributed by atoms with van der Waals surface area (Å²) in [6, 6.07) is 3.99. The third-order valence-electron chi connectivity index (χ3n) is 2.29. The summed E-state index contributed by atoms with van der Waals surface area (Å²) in [5.41, 5.74) is 0.182. The number of carboxylic acids is 1. The number of carboxylic acid groups (broad SMARTS) is 1. The molecule has 3 N–H and O–H groups in total. The quantitative estimate of drug-likeness (QED) is 0.658. The minimum Gasteiger partial charge on any atom is -0.504 e. The van der Waals surface area contributed by atoms with Gasteiger partial charge in [-0.2, -0.15) is 0 Å². The molecule has 0 heterocycles. The Labute approximate surface area is 99.3 Å². The summed E-state index contributed by atoms with van der Waals surface area (Å²) in [5, 5.41) is 27.5. The van der Waals surface area contributed by atoms with Crippen LogP contribution in [0.15, 0.2) is 18.2 Å². The first-order valence-corrected chi connectivity index (χ1v) is 5.42. The zero-order chi connectivity index (χ0) is 12.8. The van der Waals surface area contributed by atoms with Crippen LogP contribution >= 0.6 is 0 Å². The Morgan fingerprint density at radius 3 is 2.76 bits per heavy atom. The first kappa shape index (κ1) is 13.3. The van der Waals surface area contributed by atoms with Crippen molar-refractivity contribution in [2.24, 2.45) is 0 Å². The maximum atomic E-state index is 10.6. The number of phenols is 1. The van der Waals surface area contributed by atoms with Crippen LogP contribution in [0.25, 0.3) is 0 Å². The Balaban J connectivity index is 2.82. The number of carbonyl (C=O) groups is 1. The third kappa shape index (κ3) is 3.64. The second-order valence-electron chi connectivity index (χ2n) is 3.67. The summed E-state index contributed by atoms with van der Waals surface area (Å²) in [7, 11) is 0. The standard InChI is InChI=1S/C12H16O5/c1-2-3-6-17-10-7-8(4-5-9(10)13)11(14)12(15)16/h4-5,7,11,13-14H,2-3,6H2,1H3,(H,15,16). The molecule has 0 radical (unpaired) electrons. The molecule has 0 amide bonds. The molecule has 5 nitrogen and oxygen atoms in total. The molecule has 0 aliphatic carbocycles. The largest absolute Gasteiger partial charge is 0.504 e. The Kier molecular flexibility index (Phi) is 4.78. The van der Waals surface area contributed by atoms with Gasteiger partial charge in [0.05, 0.1) is 6.61 Å². The van der Waals surface area contributed by atoms with Gasteiger partial charge < -0.3 is 20.1 Å². The molecule has 1 unspecified atom stereocenters. The summed E-state index contributed by atoms with van der Waals surface area (Å²) in [6.07, 6.45) is 0.188. The van der Waals surface area contributed by atoms with E-state index in [1.807, 2.05) is 6.92 Å². The molecular formula is C12H16O5. The number of aromatic hydroxyl groups is 1. The van der Waals surface area contributed by atoms with Crippen molar-refractivity contribution in [2.45, 2.75) is 25.9 Å². The lowest BCUT2D eigenvalue weighted by Crippen LogP contribution is -2.10. The van der Waals surface area contributed by atoms with Crippen molar-refractivity contribution in [2.75, 3.05) is 6.61 Å². The number of unbranched alkanes of at least 4 members (excludes halogenated alkanes) is 1. The maximum absolute atomic E-state index is 10.6. The highest BCUT2D eigenvalue weighted by atomic mass is 16.5. The van der Waals surface area contributed by atoms with E-state index in [0.717, 1.165) is 12.8 Å². The highest BCUT2D eigenvalue weighted by molar-refractivity contribution is 5.74. The van der Waals surface area contributed by atoms with Gasteiger partial charge in [-0.3, -0.25) is 0 Å². The lowest BCUT2D eigenvalue weighted by atomic mass is 10.1. The van der Waals surface area contributed by atoms with Gasteiger partial charge in [-0.1, -0.05) is 19.4 Å². The van der Waals surface area contributed by atoms with Crippen LogP contribution < -0.4 is 4.74 Å². The van der Waals surface area contributed by atoms with Crippen molar-refractivity contribution in [3.63, 3.8) is 0 Å². The van der Waals surface area contributed by atoms with Gasteiger partial charge in [0.15, 0.2) is 17.6 Å². The van der Waals surface area contributed by atoms with Gasteiger partial charge in [-0.15, -0.1) is 0 Å². The Morgan fingerprint density at radius 2 is 2.18 bits per heavy atom. The fourth-order valence-electron chi connectivity index (χ4n) is 1.29. The molecule has 0 saturated heterocycles. The van der Waals surface area contributed by atoms with Crippen LogP contribution in [0.1, 0.15) is 31.4 Å². The zero-order valence-electron chi connectivity index (χ0n) is 9.59. The highest BCUT2D eigenvalue weighted by Crippen LogP contribution is 2.29. The highest BCUT2D eigenvalue weighted by Gasteiger charge is 2.17. The van der Waals surface area contributed by atoms with Gasteiger partial charge in [-0.05, 0) is 24.1 Å². The summed E-state index contributed by atoms with van der Waals surface area (Å²) in [5.74, 6) is -1.21. The SMILES string of the molecule is CCCCOc1cc(C(O)C(=O)O)ccc1O.